The van der Waals surface area contributed by atoms with Crippen molar-refractivity contribution in [1.82, 2.24) is 25.3 Å². The van der Waals surface area contributed by atoms with Gasteiger partial charge in [0.2, 0.25) is 5.88 Å². The number of ether oxygens (including phenoxy) is 1. The summed E-state index contributed by atoms with van der Waals surface area (Å²) in [5.74, 6) is -0.402. The minimum atomic E-state index is -0.418. The fourth-order valence-corrected chi connectivity index (χ4v) is 3.62. The van der Waals surface area contributed by atoms with Gasteiger partial charge < -0.3 is 15.0 Å². The number of carbonyl (C=O) groups excluding carboxylic acids is 1. The first kappa shape index (κ1) is 22.6. The molecule has 2 N–H and O–H groups in total. The maximum Gasteiger partial charge on any atom is 0.270 e. The van der Waals surface area contributed by atoms with E-state index in [1.54, 1.807) is 23.3 Å². The summed E-state index contributed by atoms with van der Waals surface area (Å²) < 4.78 is 20.0. The highest BCUT2D eigenvalue weighted by molar-refractivity contribution is 5.92. The zero-order valence-electron chi connectivity index (χ0n) is 18.6. The van der Waals surface area contributed by atoms with Crippen LogP contribution in [0.2, 0.25) is 0 Å². The van der Waals surface area contributed by atoms with Crippen LogP contribution >= 0.6 is 0 Å². The lowest BCUT2D eigenvalue weighted by atomic mass is 10.1. The summed E-state index contributed by atoms with van der Waals surface area (Å²) in [5.41, 5.74) is 3.20. The Balaban J connectivity index is 1.53. The average Bonchev–Trinajstić information content (AvgIpc) is 2.84. The lowest BCUT2D eigenvalue weighted by Gasteiger charge is -2.26. The van der Waals surface area contributed by atoms with E-state index >= 15 is 0 Å². The Bertz CT molecular complexity index is 1300. The number of aromatic nitrogens is 3. The van der Waals surface area contributed by atoms with Crippen LogP contribution in [-0.2, 0) is 17.8 Å². The van der Waals surface area contributed by atoms with Gasteiger partial charge in [-0.25, -0.2) is 14.4 Å². The first-order chi connectivity index (χ1) is 15.9. The van der Waals surface area contributed by atoms with Crippen LogP contribution in [0.4, 0.5) is 4.39 Å². The number of halogens is 1. The molecular weight excluding hydrogens is 429 g/mol. The summed E-state index contributed by atoms with van der Waals surface area (Å²) in [4.78, 5) is 41.0. The van der Waals surface area contributed by atoms with E-state index in [1.165, 1.54) is 20.2 Å². The lowest BCUT2D eigenvalue weighted by Crippen LogP contribution is -2.29. The smallest absolute Gasteiger partial charge is 0.270 e. The van der Waals surface area contributed by atoms with Gasteiger partial charge in [0.1, 0.15) is 17.2 Å². The highest BCUT2D eigenvalue weighted by atomic mass is 19.1. The van der Waals surface area contributed by atoms with E-state index < -0.39 is 5.82 Å². The van der Waals surface area contributed by atoms with Gasteiger partial charge in [-0.2, -0.15) is 5.06 Å². The normalized spacial score (nSPS) is 14.2. The number of carbonyl (C=O) groups is 1. The van der Waals surface area contributed by atoms with Crippen molar-refractivity contribution in [2.75, 3.05) is 27.3 Å². The number of methoxy groups -OCH3 is 1. The molecule has 0 spiro atoms. The van der Waals surface area contributed by atoms with Crippen LogP contribution in [-0.4, -0.2) is 53.2 Å². The molecule has 3 aromatic rings. The molecular formula is C23H24FN5O4. The summed E-state index contributed by atoms with van der Waals surface area (Å²) in [7, 11) is 3.02. The second-order valence-corrected chi connectivity index (χ2v) is 7.48. The third-order valence-corrected chi connectivity index (χ3v) is 5.42. The molecule has 4 rings (SSSR count). The van der Waals surface area contributed by atoms with Gasteiger partial charge in [-0.15, -0.1) is 0 Å². The van der Waals surface area contributed by atoms with Crippen molar-refractivity contribution in [2.24, 2.45) is 0 Å². The fraction of sp³-hybridized carbons (Fsp3) is 0.304. The standard InChI is InChI=1S/C23H24FN5O4/c1-4-17-22(31)27-19-9-14(16(24)10-20(19)26-17)11-29-8-7-13(12-33-29)15-5-6-18(21(30)25-2)28-23(15)32-3/h5-7,9-10H,4,8,11-12H2,1-3H3,(H,25,30)(H,27,31). The van der Waals surface area contributed by atoms with Crippen molar-refractivity contribution in [2.45, 2.75) is 19.9 Å². The number of fused-ring (bicyclic) bond motifs is 1. The monoisotopic (exact) mass is 453 g/mol. The molecule has 3 heterocycles. The van der Waals surface area contributed by atoms with Gasteiger partial charge in [0.05, 0.1) is 31.3 Å². The van der Waals surface area contributed by atoms with Gasteiger partial charge >= 0.3 is 0 Å². The van der Waals surface area contributed by atoms with Crippen molar-refractivity contribution in [3.8, 4) is 5.88 Å². The van der Waals surface area contributed by atoms with Crippen molar-refractivity contribution < 1.29 is 18.8 Å². The van der Waals surface area contributed by atoms with Crippen molar-refractivity contribution in [3.05, 3.63) is 69.0 Å². The number of hydrogen-bond donors (Lipinski definition) is 2. The molecule has 0 bridgehead atoms. The van der Waals surface area contributed by atoms with Gasteiger partial charge in [0, 0.05) is 30.8 Å². The molecule has 1 aliphatic heterocycles. The molecule has 0 radical (unpaired) electrons. The van der Waals surface area contributed by atoms with Gasteiger partial charge in [-0.1, -0.05) is 13.0 Å². The Morgan fingerprint density at radius 1 is 1.33 bits per heavy atom. The van der Waals surface area contributed by atoms with Crippen LogP contribution in [0.1, 0.15) is 34.2 Å². The van der Waals surface area contributed by atoms with E-state index in [9.17, 15) is 14.0 Å². The molecule has 0 atom stereocenters. The van der Waals surface area contributed by atoms with E-state index in [-0.39, 0.29) is 30.3 Å². The SMILES string of the molecule is CCc1nc2cc(F)c(CN3CC=C(c4ccc(C(=O)NC)nc4OC)CO3)cc2[nH]c1=O. The Kier molecular flexibility index (Phi) is 6.47. The van der Waals surface area contributed by atoms with Crippen molar-refractivity contribution >= 4 is 22.5 Å². The number of nitrogens with zero attached hydrogens (tertiary/aromatic N) is 3. The molecule has 10 heteroatoms. The van der Waals surface area contributed by atoms with E-state index in [2.05, 4.69) is 20.3 Å². The number of rotatable bonds is 6. The van der Waals surface area contributed by atoms with Gasteiger partial charge in [0.15, 0.2) is 0 Å². The van der Waals surface area contributed by atoms with Gasteiger partial charge in [-0.05, 0) is 30.2 Å². The molecule has 0 aliphatic carbocycles. The molecule has 9 nitrogen and oxygen atoms in total. The second-order valence-electron chi connectivity index (χ2n) is 7.48. The number of nitrogens with one attached hydrogen (secondary N) is 2. The summed E-state index contributed by atoms with van der Waals surface area (Å²) >= 11 is 0. The zero-order chi connectivity index (χ0) is 23.5. The van der Waals surface area contributed by atoms with Gasteiger partial charge in [-0.3, -0.25) is 14.4 Å². The molecule has 172 valence electrons. The van der Waals surface area contributed by atoms with Crippen LogP contribution in [0.3, 0.4) is 0 Å². The topological polar surface area (TPSA) is 109 Å². The maximum atomic E-state index is 14.7. The lowest BCUT2D eigenvalue weighted by molar-refractivity contribution is -0.151. The quantitative estimate of drug-likeness (QED) is 0.589. The van der Waals surface area contributed by atoms with E-state index in [0.717, 1.165) is 11.1 Å². The molecule has 33 heavy (non-hydrogen) atoms. The number of H-pyrrole nitrogens is 1. The summed E-state index contributed by atoms with van der Waals surface area (Å²) in [6.45, 7) is 2.64. The molecule has 0 saturated carbocycles. The van der Waals surface area contributed by atoms with Crippen LogP contribution in [0, 0.1) is 5.82 Å². The number of hydrogen-bond acceptors (Lipinski definition) is 7. The number of benzene rings is 1. The molecule has 0 unspecified atom stereocenters. The summed E-state index contributed by atoms with van der Waals surface area (Å²) in [6.07, 6.45) is 2.41. The predicted molar refractivity (Wildman–Crippen MR) is 120 cm³/mol. The van der Waals surface area contributed by atoms with E-state index in [1.807, 2.05) is 13.0 Å². The third-order valence-electron chi connectivity index (χ3n) is 5.42. The first-order valence-corrected chi connectivity index (χ1v) is 10.5. The predicted octanol–water partition coefficient (Wildman–Crippen LogP) is 2.22. The molecule has 1 amide bonds. The Hall–Kier alpha value is -3.63. The van der Waals surface area contributed by atoms with E-state index in [4.69, 9.17) is 9.57 Å². The third kappa shape index (κ3) is 4.62. The largest absolute Gasteiger partial charge is 0.481 e. The number of amides is 1. The summed E-state index contributed by atoms with van der Waals surface area (Å²) in [5, 5.41) is 4.15. The number of pyridine rings is 1. The Morgan fingerprint density at radius 3 is 2.82 bits per heavy atom. The first-order valence-electron chi connectivity index (χ1n) is 10.5. The highest BCUT2D eigenvalue weighted by Crippen LogP contribution is 2.28. The second kappa shape index (κ2) is 9.47. The number of aryl methyl sites for hydroxylation is 1. The molecule has 0 fully saturated rings. The van der Waals surface area contributed by atoms with Crippen molar-refractivity contribution in [1.29, 1.82) is 0 Å². The number of hydroxylamine groups is 2. The fourth-order valence-electron chi connectivity index (χ4n) is 3.62. The van der Waals surface area contributed by atoms with Crippen LogP contribution < -0.4 is 15.6 Å². The minimum Gasteiger partial charge on any atom is -0.481 e. The van der Waals surface area contributed by atoms with Crippen LogP contribution in [0.15, 0.2) is 35.1 Å². The highest BCUT2D eigenvalue weighted by Gasteiger charge is 2.20. The maximum absolute atomic E-state index is 14.7. The Labute approximate surface area is 189 Å². The molecule has 0 saturated heterocycles. The molecule has 1 aliphatic rings. The molecule has 1 aromatic carbocycles. The average molecular weight is 453 g/mol. The number of aromatic amines is 1. The van der Waals surface area contributed by atoms with Crippen LogP contribution in [0.25, 0.3) is 16.6 Å². The molecule has 2 aromatic heterocycles. The summed E-state index contributed by atoms with van der Waals surface area (Å²) in [6, 6.07) is 6.30. The zero-order valence-corrected chi connectivity index (χ0v) is 18.6. The van der Waals surface area contributed by atoms with Gasteiger partial charge in [0.25, 0.3) is 11.5 Å². The van der Waals surface area contributed by atoms with Crippen molar-refractivity contribution in [3.63, 3.8) is 0 Å². The van der Waals surface area contributed by atoms with E-state index in [0.29, 0.717) is 41.1 Å². The van der Waals surface area contributed by atoms with Crippen LogP contribution in [0.5, 0.6) is 5.88 Å². The minimum absolute atomic E-state index is 0.189. The Morgan fingerprint density at radius 2 is 2.15 bits per heavy atom.